The molecule has 1 rings (SSSR count). The van der Waals surface area contributed by atoms with Crippen molar-refractivity contribution >= 4 is 18.2 Å². The highest BCUT2D eigenvalue weighted by Gasteiger charge is 2.01. The molecule has 0 unspecified atom stereocenters. The lowest BCUT2D eigenvalue weighted by Crippen LogP contribution is -2.22. The molecule has 15 heavy (non-hydrogen) atoms. The maximum absolute atomic E-state index is 10.1. The van der Waals surface area contributed by atoms with Gasteiger partial charge in [-0.25, -0.2) is 4.98 Å². The number of carbonyl (C=O) groups excluding carboxylic acids is 1. The van der Waals surface area contributed by atoms with Gasteiger partial charge in [0.1, 0.15) is 12.1 Å². The highest BCUT2D eigenvalue weighted by Crippen LogP contribution is 2.11. The van der Waals surface area contributed by atoms with Crippen molar-refractivity contribution in [2.75, 3.05) is 18.0 Å². The lowest BCUT2D eigenvalue weighted by Gasteiger charge is -2.19. The summed E-state index contributed by atoms with van der Waals surface area (Å²) in [5, 5.41) is 0. The molecule has 3 nitrogen and oxygen atoms in total. The Balaban J connectivity index is 2.79. The van der Waals surface area contributed by atoms with E-state index in [4.69, 9.17) is 0 Å². The molecular weight excluding hydrogens is 188 g/mol. The first-order valence-corrected chi connectivity index (χ1v) is 5.14. The third-order valence-corrected chi connectivity index (χ3v) is 2.23. The number of hydrogen-bond donors (Lipinski definition) is 0. The van der Waals surface area contributed by atoms with Crippen molar-refractivity contribution < 1.29 is 4.79 Å². The molecule has 1 aromatic heterocycles. The predicted molar refractivity (Wildman–Crippen MR) is 62.9 cm³/mol. The summed E-state index contributed by atoms with van der Waals surface area (Å²) in [6.07, 6.45) is 5.74. The molecule has 0 aliphatic rings. The first-order valence-electron chi connectivity index (χ1n) is 5.14. The van der Waals surface area contributed by atoms with E-state index in [1.54, 1.807) is 12.3 Å². The van der Waals surface area contributed by atoms with E-state index in [0.29, 0.717) is 0 Å². The molecule has 0 saturated heterocycles. The van der Waals surface area contributed by atoms with E-state index in [1.165, 1.54) is 6.08 Å². The summed E-state index contributed by atoms with van der Waals surface area (Å²) in [7, 11) is 0. The Morgan fingerprint density at radius 2 is 2.07 bits per heavy atom. The van der Waals surface area contributed by atoms with Gasteiger partial charge >= 0.3 is 0 Å². The number of nitrogens with zero attached hydrogens (tertiary/aromatic N) is 2. The van der Waals surface area contributed by atoms with Crippen LogP contribution in [0.2, 0.25) is 0 Å². The van der Waals surface area contributed by atoms with Gasteiger partial charge in [0.2, 0.25) is 0 Å². The standard InChI is InChI=1S/C12H16N2O/c1-3-14(4-2)12-8-7-11(10-13-12)6-5-9-15/h5-10H,3-4H2,1-2H3. The minimum atomic E-state index is 0.762. The van der Waals surface area contributed by atoms with Crippen molar-refractivity contribution in [3.63, 3.8) is 0 Å². The molecule has 0 fully saturated rings. The van der Waals surface area contributed by atoms with Crippen LogP contribution in [0.4, 0.5) is 5.82 Å². The number of rotatable bonds is 5. The fourth-order valence-electron chi connectivity index (χ4n) is 1.38. The Kier molecular flexibility index (Phi) is 4.54. The van der Waals surface area contributed by atoms with Crippen molar-refractivity contribution in [3.8, 4) is 0 Å². The molecule has 0 radical (unpaired) electrons. The normalized spacial score (nSPS) is 10.5. The Labute approximate surface area is 90.4 Å². The summed E-state index contributed by atoms with van der Waals surface area (Å²) >= 11 is 0. The highest BCUT2D eigenvalue weighted by molar-refractivity contribution is 5.73. The predicted octanol–water partition coefficient (Wildman–Crippen LogP) is 2.14. The van der Waals surface area contributed by atoms with Gasteiger partial charge in [0, 0.05) is 19.3 Å². The van der Waals surface area contributed by atoms with Crippen LogP contribution in [-0.2, 0) is 4.79 Å². The van der Waals surface area contributed by atoms with Gasteiger partial charge in [0.25, 0.3) is 0 Å². The fraction of sp³-hybridized carbons (Fsp3) is 0.333. The minimum absolute atomic E-state index is 0.762. The third kappa shape index (κ3) is 3.20. The van der Waals surface area contributed by atoms with Gasteiger partial charge in [-0.2, -0.15) is 0 Å². The SMILES string of the molecule is CCN(CC)c1ccc(C=CC=O)cn1. The molecule has 0 aliphatic heterocycles. The molecule has 0 spiro atoms. The summed E-state index contributed by atoms with van der Waals surface area (Å²) < 4.78 is 0. The van der Waals surface area contributed by atoms with Crippen molar-refractivity contribution in [1.82, 2.24) is 4.98 Å². The van der Waals surface area contributed by atoms with E-state index in [2.05, 4.69) is 23.7 Å². The maximum atomic E-state index is 10.1. The number of aldehydes is 1. The Morgan fingerprint density at radius 1 is 1.33 bits per heavy atom. The van der Waals surface area contributed by atoms with Crippen molar-refractivity contribution in [1.29, 1.82) is 0 Å². The second kappa shape index (κ2) is 5.96. The van der Waals surface area contributed by atoms with Crippen LogP contribution >= 0.6 is 0 Å². The molecule has 0 bridgehead atoms. The zero-order valence-electron chi connectivity index (χ0n) is 9.18. The molecule has 1 heterocycles. The Morgan fingerprint density at radius 3 is 2.53 bits per heavy atom. The van der Waals surface area contributed by atoms with Crippen LogP contribution in [0.1, 0.15) is 19.4 Å². The molecule has 0 aliphatic carbocycles. The number of carbonyl (C=O) groups is 1. The van der Waals surface area contributed by atoms with E-state index in [1.807, 2.05) is 12.1 Å². The number of allylic oxidation sites excluding steroid dienone is 1. The summed E-state index contributed by atoms with van der Waals surface area (Å²) in [5.74, 6) is 0.975. The van der Waals surface area contributed by atoms with Gasteiger partial charge < -0.3 is 4.90 Å². The van der Waals surface area contributed by atoms with E-state index < -0.39 is 0 Å². The fourth-order valence-corrected chi connectivity index (χ4v) is 1.38. The topological polar surface area (TPSA) is 33.2 Å². The molecule has 80 valence electrons. The molecule has 0 N–H and O–H groups in total. The molecule has 0 aromatic carbocycles. The molecule has 0 amide bonds. The van der Waals surface area contributed by atoms with Crippen LogP contribution in [0.15, 0.2) is 24.4 Å². The monoisotopic (exact) mass is 204 g/mol. The zero-order valence-corrected chi connectivity index (χ0v) is 9.18. The van der Waals surface area contributed by atoms with Gasteiger partial charge in [-0.05, 0) is 37.6 Å². The van der Waals surface area contributed by atoms with Crippen molar-refractivity contribution in [3.05, 3.63) is 30.0 Å². The first-order chi connectivity index (χ1) is 7.31. The van der Waals surface area contributed by atoms with Crippen molar-refractivity contribution in [2.45, 2.75) is 13.8 Å². The smallest absolute Gasteiger partial charge is 0.142 e. The second-order valence-electron chi connectivity index (χ2n) is 3.12. The number of pyridine rings is 1. The Bertz CT molecular complexity index is 326. The Hall–Kier alpha value is -1.64. The zero-order chi connectivity index (χ0) is 11.1. The number of hydrogen-bond acceptors (Lipinski definition) is 3. The second-order valence-corrected chi connectivity index (χ2v) is 3.12. The van der Waals surface area contributed by atoms with Crippen LogP contribution in [0.25, 0.3) is 6.08 Å². The summed E-state index contributed by atoms with van der Waals surface area (Å²) in [4.78, 5) is 16.6. The van der Waals surface area contributed by atoms with Crippen LogP contribution < -0.4 is 4.90 Å². The summed E-state index contributed by atoms with van der Waals surface area (Å²) in [5.41, 5.74) is 0.943. The summed E-state index contributed by atoms with van der Waals surface area (Å²) in [6, 6.07) is 3.93. The van der Waals surface area contributed by atoms with E-state index >= 15 is 0 Å². The molecule has 1 aromatic rings. The van der Waals surface area contributed by atoms with Gasteiger partial charge in [0.15, 0.2) is 0 Å². The van der Waals surface area contributed by atoms with E-state index in [9.17, 15) is 4.79 Å². The maximum Gasteiger partial charge on any atom is 0.142 e. The average Bonchev–Trinajstić information content (AvgIpc) is 2.29. The lowest BCUT2D eigenvalue weighted by molar-refractivity contribution is -0.104. The highest BCUT2D eigenvalue weighted by atomic mass is 16.1. The number of aromatic nitrogens is 1. The van der Waals surface area contributed by atoms with Crippen LogP contribution in [-0.4, -0.2) is 24.4 Å². The minimum Gasteiger partial charge on any atom is -0.357 e. The summed E-state index contributed by atoms with van der Waals surface area (Å²) in [6.45, 7) is 6.11. The third-order valence-electron chi connectivity index (χ3n) is 2.23. The molecular formula is C12H16N2O. The van der Waals surface area contributed by atoms with E-state index in [-0.39, 0.29) is 0 Å². The largest absolute Gasteiger partial charge is 0.357 e. The molecule has 0 atom stereocenters. The van der Waals surface area contributed by atoms with Crippen LogP contribution in [0.5, 0.6) is 0 Å². The van der Waals surface area contributed by atoms with Crippen molar-refractivity contribution in [2.24, 2.45) is 0 Å². The van der Waals surface area contributed by atoms with Gasteiger partial charge in [-0.15, -0.1) is 0 Å². The van der Waals surface area contributed by atoms with Gasteiger partial charge in [0.05, 0.1) is 0 Å². The number of anilines is 1. The lowest BCUT2D eigenvalue weighted by atomic mass is 10.2. The van der Waals surface area contributed by atoms with Crippen LogP contribution in [0, 0.1) is 0 Å². The van der Waals surface area contributed by atoms with Gasteiger partial charge in [-0.1, -0.05) is 6.08 Å². The molecule has 3 heteroatoms. The first kappa shape index (κ1) is 11.4. The average molecular weight is 204 g/mol. The van der Waals surface area contributed by atoms with E-state index in [0.717, 1.165) is 30.8 Å². The van der Waals surface area contributed by atoms with Gasteiger partial charge in [-0.3, -0.25) is 4.79 Å². The molecule has 0 saturated carbocycles. The van der Waals surface area contributed by atoms with Crippen LogP contribution in [0.3, 0.4) is 0 Å². The quantitative estimate of drug-likeness (QED) is 0.544.